The number of para-hydroxylation sites is 1. The summed E-state index contributed by atoms with van der Waals surface area (Å²) in [4.78, 5) is 26.0. The molecule has 0 spiro atoms. The molecule has 2 rings (SSSR count). The van der Waals surface area contributed by atoms with Crippen molar-refractivity contribution in [3.63, 3.8) is 0 Å². The fourth-order valence-electron chi connectivity index (χ4n) is 1.22. The first-order chi connectivity index (χ1) is 7.74. The van der Waals surface area contributed by atoms with Crippen LogP contribution in [-0.2, 0) is 4.79 Å². The number of urea groups is 1. The summed E-state index contributed by atoms with van der Waals surface area (Å²) in [6, 6.07) is 8.55. The minimum Gasteiger partial charge on any atom is -0.308 e. The van der Waals surface area contributed by atoms with Gasteiger partial charge in [-0.25, -0.2) is 9.79 Å². The Kier molecular flexibility index (Phi) is 2.81. The van der Waals surface area contributed by atoms with E-state index in [-0.39, 0.29) is 18.4 Å². The highest BCUT2D eigenvalue weighted by Crippen LogP contribution is 2.03. The molecule has 0 unspecified atom stereocenters. The first kappa shape index (κ1) is 10.2. The topological polar surface area (TPSA) is 82.6 Å². The number of nitrogens with zero attached hydrogens (tertiary/aromatic N) is 1. The summed E-state index contributed by atoms with van der Waals surface area (Å²) in [5, 5.41) is 7.44. The maximum absolute atomic E-state index is 11.4. The van der Waals surface area contributed by atoms with Gasteiger partial charge < -0.3 is 5.32 Å². The first-order valence-electron chi connectivity index (χ1n) is 4.71. The van der Waals surface area contributed by atoms with Crippen LogP contribution >= 0.6 is 0 Å². The summed E-state index contributed by atoms with van der Waals surface area (Å²) < 4.78 is 0. The van der Waals surface area contributed by atoms with E-state index in [1.807, 2.05) is 18.2 Å². The average Bonchev–Trinajstić information content (AvgIpc) is 2.65. The van der Waals surface area contributed by atoms with Crippen molar-refractivity contribution in [3.05, 3.63) is 30.3 Å². The lowest BCUT2D eigenvalue weighted by Crippen LogP contribution is -2.42. The Bertz CT molecular complexity index is 441. The number of carbonyl (C=O) groups excluding carboxylic acids is 2. The Balaban J connectivity index is 1.88. The molecule has 0 atom stereocenters. The molecule has 0 saturated carbocycles. The number of anilines is 1. The zero-order valence-corrected chi connectivity index (χ0v) is 8.36. The Hall–Kier alpha value is -2.37. The third-order valence-corrected chi connectivity index (χ3v) is 1.90. The second-order valence-corrected chi connectivity index (χ2v) is 3.16. The number of hydrogen-bond donors (Lipinski definition) is 3. The van der Waals surface area contributed by atoms with Gasteiger partial charge in [-0.3, -0.25) is 15.4 Å². The lowest BCUT2D eigenvalue weighted by molar-refractivity contribution is -0.117. The summed E-state index contributed by atoms with van der Waals surface area (Å²) in [6.07, 6.45) is 0. The van der Waals surface area contributed by atoms with Gasteiger partial charge in [-0.2, -0.15) is 0 Å². The van der Waals surface area contributed by atoms with Gasteiger partial charge >= 0.3 is 6.03 Å². The van der Waals surface area contributed by atoms with Crippen LogP contribution < -0.4 is 16.0 Å². The molecular formula is C10H10N4O2. The van der Waals surface area contributed by atoms with Gasteiger partial charge in [0.1, 0.15) is 6.54 Å². The van der Waals surface area contributed by atoms with Gasteiger partial charge in [0.15, 0.2) is 0 Å². The molecule has 1 aromatic carbocycles. The molecule has 6 heteroatoms. The lowest BCUT2D eigenvalue weighted by Gasteiger charge is -2.06. The molecule has 0 aromatic heterocycles. The van der Waals surface area contributed by atoms with Crippen LogP contribution in [-0.4, -0.2) is 24.4 Å². The van der Waals surface area contributed by atoms with E-state index in [0.29, 0.717) is 5.69 Å². The molecule has 1 aliphatic rings. The van der Waals surface area contributed by atoms with Crippen molar-refractivity contribution in [1.29, 1.82) is 0 Å². The van der Waals surface area contributed by atoms with Gasteiger partial charge in [-0.05, 0) is 12.1 Å². The Morgan fingerprint density at radius 3 is 2.62 bits per heavy atom. The van der Waals surface area contributed by atoms with E-state index in [0.717, 1.165) is 0 Å². The maximum Gasteiger partial charge on any atom is 0.326 e. The molecule has 0 saturated heterocycles. The monoisotopic (exact) mass is 218 g/mol. The summed E-state index contributed by atoms with van der Waals surface area (Å²) in [6.45, 7) is 0.0565. The van der Waals surface area contributed by atoms with Gasteiger partial charge in [0, 0.05) is 5.69 Å². The van der Waals surface area contributed by atoms with Crippen LogP contribution in [0.25, 0.3) is 0 Å². The van der Waals surface area contributed by atoms with E-state index in [9.17, 15) is 9.59 Å². The largest absolute Gasteiger partial charge is 0.326 e. The molecular weight excluding hydrogens is 208 g/mol. The normalized spacial score (nSPS) is 14.0. The van der Waals surface area contributed by atoms with E-state index in [4.69, 9.17) is 0 Å². The lowest BCUT2D eigenvalue weighted by atomic mass is 10.3. The van der Waals surface area contributed by atoms with Crippen LogP contribution in [0.4, 0.5) is 10.5 Å². The quantitative estimate of drug-likeness (QED) is 0.633. The van der Waals surface area contributed by atoms with E-state index < -0.39 is 6.03 Å². The number of hydrogen-bond acceptors (Lipinski definition) is 3. The third kappa shape index (κ3) is 2.57. The number of nitrogens with one attached hydrogen (secondary N) is 3. The van der Waals surface area contributed by atoms with Crippen LogP contribution in [0.5, 0.6) is 0 Å². The zero-order chi connectivity index (χ0) is 11.4. The molecule has 0 radical (unpaired) electrons. The predicted molar refractivity (Wildman–Crippen MR) is 59.0 cm³/mol. The Labute approximate surface area is 91.8 Å². The summed E-state index contributed by atoms with van der Waals surface area (Å²) in [5.74, 6) is -0.0477. The van der Waals surface area contributed by atoms with Crippen molar-refractivity contribution >= 4 is 23.6 Å². The van der Waals surface area contributed by atoms with Crippen LogP contribution in [0, 0.1) is 0 Å². The molecule has 0 fully saturated rings. The maximum atomic E-state index is 11.4. The van der Waals surface area contributed by atoms with Gasteiger partial charge in [0.05, 0.1) is 0 Å². The van der Waals surface area contributed by atoms with Crippen LogP contribution in [0.15, 0.2) is 35.3 Å². The molecule has 82 valence electrons. The smallest absolute Gasteiger partial charge is 0.308 e. The minimum atomic E-state index is -0.438. The van der Waals surface area contributed by atoms with Crippen molar-refractivity contribution < 1.29 is 9.59 Å². The second-order valence-electron chi connectivity index (χ2n) is 3.16. The van der Waals surface area contributed by atoms with Crippen LogP contribution in [0.2, 0.25) is 0 Å². The fraction of sp³-hybridized carbons (Fsp3) is 0.100. The summed E-state index contributed by atoms with van der Waals surface area (Å²) >= 11 is 0. The van der Waals surface area contributed by atoms with Crippen molar-refractivity contribution in [1.82, 2.24) is 10.6 Å². The molecule has 3 amide bonds. The number of benzene rings is 1. The fourth-order valence-corrected chi connectivity index (χ4v) is 1.22. The van der Waals surface area contributed by atoms with E-state index in [1.165, 1.54) is 0 Å². The molecule has 16 heavy (non-hydrogen) atoms. The van der Waals surface area contributed by atoms with E-state index >= 15 is 0 Å². The highest BCUT2D eigenvalue weighted by Gasteiger charge is 2.14. The molecule has 3 N–H and O–H groups in total. The highest BCUT2D eigenvalue weighted by atomic mass is 16.2. The minimum absolute atomic E-state index is 0.0565. The van der Waals surface area contributed by atoms with E-state index in [2.05, 4.69) is 20.9 Å². The SMILES string of the molecule is O=C1CN=C(NC(=O)Nc2ccccc2)N1. The number of aliphatic imine (C=N–C) groups is 1. The molecule has 0 aliphatic carbocycles. The zero-order valence-electron chi connectivity index (χ0n) is 8.36. The van der Waals surface area contributed by atoms with Gasteiger partial charge in [-0.15, -0.1) is 0 Å². The Morgan fingerprint density at radius 1 is 1.25 bits per heavy atom. The van der Waals surface area contributed by atoms with Gasteiger partial charge in [0.25, 0.3) is 0 Å². The number of amides is 3. The summed E-state index contributed by atoms with van der Waals surface area (Å²) in [7, 11) is 0. The van der Waals surface area contributed by atoms with Crippen molar-refractivity contribution in [3.8, 4) is 0 Å². The molecule has 1 aromatic rings. The summed E-state index contributed by atoms with van der Waals surface area (Å²) in [5.41, 5.74) is 0.671. The van der Waals surface area contributed by atoms with E-state index in [1.54, 1.807) is 12.1 Å². The van der Waals surface area contributed by atoms with Gasteiger partial charge in [-0.1, -0.05) is 18.2 Å². The molecule has 6 nitrogen and oxygen atoms in total. The third-order valence-electron chi connectivity index (χ3n) is 1.90. The molecule has 1 aliphatic heterocycles. The standard InChI is InChI=1S/C10H10N4O2/c15-8-6-11-9(13-8)14-10(16)12-7-4-2-1-3-5-7/h1-5H,6H2,(H3,11,12,13,14,15,16). The number of rotatable bonds is 1. The Morgan fingerprint density at radius 2 is 2.00 bits per heavy atom. The van der Waals surface area contributed by atoms with Crippen molar-refractivity contribution in [2.24, 2.45) is 4.99 Å². The van der Waals surface area contributed by atoms with Gasteiger partial charge in [0.2, 0.25) is 11.9 Å². The van der Waals surface area contributed by atoms with Crippen LogP contribution in [0.3, 0.4) is 0 Å². The van der Waals surface area contributed by atoms with Crippen LogP contribution in [0.1, 0.15) is 0 Å². The highest BCUT2D eigenvalue weighted by molar-refractivity contribution is 6.10. The molecule has 0 bridgehead atoms. The second kappa shape index (κ2) is 4.43. The van der Waals surface area contributed by atoms with Crippen molar-refractivity contribution in [2.45, 2.75) is 0 Å². The van der Waals surface area contributed by atoms with Crippen molar-refractivity contribution in [2.75, 3.05) is 11.9 Å². The number of guanidine groups is 1. The number of carbonyl (C=O) groups is 2. The molecule has 1 heterocycles. The average molecular weight is 218 g/mol. The predicted octanol–water partition coefficient (Wildman–Crippen LogP) is 0.294. The first-order valence-corrected chi connectivity index (χ1v) is 4.71.